The van der Waals surface area contributed by atoms with E-state index in [-0.39, 0.29) is 26.8 Å². The van der Waals surface area contributed by atoms with Crippen molar-refractivity contribution in [2.24, 2.45) is 0 Å². The maximum Gasteiger partial charge on any atom is 0.354 e. The van der Waals surface area contributed by atoms with Crippen molar-refractivity contribution in [2.75, 3.05) is 0 Å². The molecule has 0 radical (unpaired) electrons. The Balaban J connectivity index is 0.00000261. The van der Waals surface area contributed by atoms with E-state index in [0.717, 1.165) is 5.69 Å². The van der Waals surface area contributed by atoms with Crippen LogP contribution >= 0.6 is 0 Å². The third-order valence-corrected chi connectivity index (χ3v) is 4.09. The third kappa shape index (κ3) is 4.27. The number of carboxylic acid groups (broad SMARTS) is 1. The molecule has 3 aromatic rings. The molecule has 0 saturated carbocycles. The summed E-state index contributed by atoms with van der Waals surface area (Å²) in [5.74, 6) is -1.07. The molecule has 0 spiro atoms. The standard InChI is InChI=1S/C20H15N4O2.Pt/c1-20(2,18-8-4-6-16(24-18)19(25)26)17-7-3-5-15(23-17)13-9-10-14(11-21)22-12-13;/h3-8,10,12H,1-2H3,(H,25,26);/q-1;. The molecule has 3 heterocycles. The second kappa shape index (κ2) is 8.20. The van der Waals surface area contributed by atoms with E-state index in [1.807, 2.05) is 38.1 Å². The molecular formula is C20H15N4O2Pt-. The van der Waals surface area contributed by atoms with Gasteiger partial charge in [0.1, 0.15) is 5.69 Å². The van der Waals surface area contributed by atoms with Gasteiger partial charge in [-0.3, -0.25) is 0 Å². The predicted octanol–water partition coefficient (Wildman–Crippen LogP) is 3.23. The van der Waals surface area contributed by atoms with Crippen LogP contribution < -0.4 is 0 Å². The van der Waals surface area contributed by atoms with E-state index in [4.69, 9.17) is 10.4 Å². The maximum absolute atomic E-state index is 11.2. The first-order valence-corrected chi connectivity index (χ1v) is 7.88. The monoisotopic (exact) mass is 538 g/mol. The Labute approximate surface area is 171 Å². The second-order valence-corrected chi connectivity index (χ2v) is 6.20. The fourth-order valence-electron chi connectivity index (χ4n) is 2.52. The molecule has 7 heteroatoms. The van der Waals surface area contributed by atoms with Gasteiger partial charge in [-0.05, 0) is 37.7 Å². The number of nitriles is 1. The SMILES string of the molecule is CC(C)(c1cccc(C(=O)O)n1)c1cccc(-c2[c-]cc(C#N)nc2)n1.[Pt]. The molecule has 27 heavy (non-hydrogen) atoms. The number of rotatable bonds is 4. The van der Waals surface area contributed by atoms with Crippen molar-refractivity contribution in [3.05, 3.63) is 77.5 Å². The molecule has 0 saturated heterocycles. The Morgan fingerprint density at radius 1 is 1.15 bits per heavy atom. The molecule has 0 atom stereocenters. The molecule has 3 aromatic heterocycles. The average molecular weight is 538 g/mol. The number of aromatic carboxylic acids is 1. The van der Waals surface area contributed by atoms with Gasteiger partial charge in [-0.25, -0.2) is 15.0 Å². The van der Waals surface area contributed by atoms with Crippen molar-refractivity contribution < 1.29 is 31.0 Å². The summed E-state index contributed by atoms with van der Waals surface area (Å²) in [5.41, 5.74) is 2.39. The molecule has 0 aromatic carbocycles. The molecule has 1 N–H and O–H groups in total. The van der Waals surface area contributed by atoms with Crippen LogP contribution in [0, 0.1) is 17.4 Å². The zero-order valence-electron chi connectivity index (χ0n) is 14.6. The van der Waals surface area contributed by atoms with Gasteiger partial charge in [-0.1, -0.05) is 24.4 Å². The van der Waals surface area contributed by atoms with Crippen LogP contribution in [0.3, 0.4) is 0 Å². The van der Waals surface area contributed by atoms with Gasteiger partial charge in [-0.2, -0.15) is 0 Å². The molecule has 0 unspecified atom stereocenters. The second-order valence-electron chi connectivity index (χ2n) is 6.20. The van der Waals surface area contributed by atoms with Crippen molar-refractivity contribution in [1.29, 1.82) is 5.26 Å². The predicted molar refractivity (Wildman–Crippen MR) is 94.3 cm³/mol. The van der Waals surface area contributed by atoms with E-state index in [2.05, 4.69) is 21.0 Å². The number of nitrogens with zero attached hydrogens (tertiary/aromatic N) is 4. The molecule has 0 aliphatic heterocycles. The van der Waals surface area contributed by atoms with Gasteiger partial charge in [0.25, 0.3) is 0 Å². The van der Waals surface area contributed by atoms with Crippen LogP contribution in [0.4, 0.5) is 0 Å². The average Bonchev–Trinajstić information content (AvgIpc) is 2.68. The Morgan fingerprint density at radius 3 is 2.41 bits per heavy atom. The minimum atomic E-state index is -1.07. The van der Waals surface area contributed by atoms with Gasteiger partial charge < -0.3 is 15.1 Å². The van der Waals surface area contributed by atoms with E-state index >= 15 is 0 Å². The number of carboxylic acids is 1. The van der Waals surface area contributed by atoms with Crippen LogP contribution in [0.25, 0.3) is 11.3 Å². The number of hydrogen-bond donors (Lipinski definition) is 1. The van der Waals surface area contributed by atoms with Crippen LogP contribution in [-0.4, -0.2) is 26.0 Å². The fourth-order valence-corrected chi connectivity index (χ4v) is 2.52. The van der Waals surface area contributed by atoms with Crippen LogP contribution in [0.15, 0.2) is 48.7 Å². The molecule has 0 amide bonds. The maximum atomic E-state index is 11.2. The number of aromatic nitrogens is 3. The first-order chi connectivity index (χ1) is 12.4. The number of carbonyl (C=O) groups is 1. The summed E-state index contributed by atoms with van der Waals surface area (Å²) in [7, 11) is 0. The first-order valence-electron chi connectivity index (χ1n) is 7.88. The Morgan fingerprint density at radius 2 is 1.81 bits per heavy atom. The Hall–Kier alpha value is -2.90. The normalized spacial score (nSPS) is 10.6. The first kappa shape index (κ1) is 20.4. The van der Waals surface area contributed by atoms with Crippen molar-refractivity contribution in [3.63, 3.8) is 0 Å². The molecule has 0 aliphatic rings. The van der Waals surface area contributed by atoms with E-state index in [9.17, 15) is 4.79 Å². The zero-order chi connectivity index (χ0) is 18.7. The summed E-state index contributed by atoms with van der Waals surface area (Å²) >= 11 is 0. The van der Waals surface area contributed by atoms with Crippen molar-refractivity contribution >= 4 is 5.97 Å². The van der Waals surface area contributed by atoms with Crippen LogP contribution in [0.5, 0.6) is 0 Å². The molecule has 0 fully saturated rings. The summed E-state index contributed by atoms with van der Waals surface area (Å²) in [6.45, 7) is 3.88. The molecule has 0 bridgehead atoms. The molecular weight excluding hydrogens is 523 g/mol. The van der Waals surface area contributed by atoms with Crippen LogP contribution in [0.1, 0.15) is 41.4 Å². The van der Waals surface area contributed by atoms with Gasteiger partial charge >= 0.3 is 5.97 Å². The van der Waals surface area contributed by atoms with E-state index in [1.54, 1.807) is 18.3 Å². The molecule has 3 rings (SSSR count). The van der Waals surface area contributed by atoms with E-state index in [1.165, 1.54) is 12.1 Å². The van der Waals surface area contributed by atoms with Crippen LogP contribution in [-0.2, 0) is 26.5 Å². The van der Waals surface area contributed by atoms with E-state index < -0.39 is 11.4 Å². The van der Waals surface area contributed by atoms with Crippen molar-refractivity contribution in [3.8, 4) is 17.3 Å². The van der Waals surface area contributed by atoms with Gasteiger partial charge in [0.15, 0.2) is 0 Å². The number of hydrogen-bond acceptors (Lipinski definition) is 5. The van der Waals surface area contributed by atoms with Gasteiger partial charge in [0.05, 0.1) is 17.5 Å². The van der Waals surface area contributed by atoms with E-state index in [0.29, 0.717) is 22.6 Å². The summed E-state index contributed by atoms with van der Waals surface area (Å²) < 4.78 is 0. The van der Waals surface area contributed by atoms with Gasteiger partial charge in [0, 0.05) is 32.2 Å². The summed E-state index contributed by atoms with van der Waals surface area (Å²) in [6, 6.07) is 17.0. The summed E-state index contributed by atoms with van der Waals surface area (Å²) in [6.07, 6.45) is 1.56. The Kier molecular flexibility index (Phi) is 6.20. The van der Waals surface area contributed by atoms with Crippen LogP contribution in [0.2, 0.25) is 0 Å². The minimum absolute atomic E-state index is 0. The summed E-state index contributed by atoms with van der Waals surface area (Å²) in [4.78, 5) is 24.2. The molecule has 6 nitrogen and oxygen atoms in total. The minimum Gasteiger partial charge on any atom is -0.477 e. The topological polar surface area (TPSA) is 99.8 Å². The van der Waals surface area contributed by atoms with Crippen molar-refractivity contribution in [1.82, 2.24) is 15.0 Å². The largest absolute Gasteiger partial charge is 0.477 e. The summed E-state index contributed by atoms with van der Waals surface area (Å²) in [5, 5.41) is 18.0. The van der Waals surface area contributed by atoms with Gasteiger partial charge in [-0.15, -0.1) is 17.7 Å². The molecule has 138 valence electrons. The number of pyridine rings is 3. The third-order valence-electron chi connectivity index (χ3n) is 4.09. The Bertz CT molecular complexity index is 1010. The quantitative estimate of drug-likeness (QED) is 0.513. The fraction of sp³-hybridized carbons (Fsp3) is 0.150. The smallest absolute Gasteiger partial charge is 0.354 e. The molecule has 0 aliphatic carbocycles. The zero-order valence-corrected chi connectivity index (χ0v) is 16.9. The van der Waals surface area contributed by atoms with Crippen molar-refractivity contribution in [2.45, 2.75) is 19.3 Å². The van der Waals surface area contributed by atoms with Gasteiger partial charge in [0.2, 0.25) is 0 Å².